The Balaban J connectivity index is 2.13. The van der Waals surface area contributed by atoms with E-state index in [1.165, 1.54) is 6.07 Å². The van der Waals surface area contributed by atoms with Crippen LogP contribution in [0.1, 0.15) is 12.1 Å². The molecule has 0 bridgehead atoms. The van der Waals surface area contributed by atoms with E-state index in [9.17, 15) is 8.78 Å². The van der Waals surface area contributed by atoms with Crippen LogP contribution in [0.2, 0.25) is 0 Å². The van der Waals surface area contributed by atoms with Gasteiger partial charge in [-0.2, -0.15) is 4.99 Å². The van der Waals surface area contributed by atoms with Crippen LogP contribution >= 0.6 is 15.9 Å². The van der Waals surface area contributed by atoms with Crippen molar-refractivity contribution in [3.63, 3.8) is 0 Å². The second-order valence-corrected chi connectivity index (χ2v) is 4.90. The topological polar surface area (TPSA) is 60.5 Å². The molecular formula is C10H8BrF2N3O. The summed E-state index contributed by atoms with van der Waals surface area (Å²) < 4.78 is 33.8. The summed E-state index contributed by atoms with van der Waals surface area (Å²) in [6.45, 7) is 0. The molecule has 2 heterocycles. The van der Waals surface area contributed by atoms with E-state index in [4.69, 9.17) is 10.5 Å². The molecule has 2 N–H and O–H groups in total. The Morgan fingerprint density at radius 3 is 3.06 bits per heavy atom. The van der Waals surface area contributed by atoms with E-state index in [-0.39, 0.29) is 17.8 Å². The lowest BCUT2D eigenvalue weighted by molar-refractivity contribution is 0.0773. The highest BCUT2D eigenvalue weighted by Crippen LogP contribution is 2.53. The average molecular weight is 304 g/mol. The zero-order valence-electron chi connectivity index (χ0n) is 8.53. The third-order valence-corrected chi connectivity index (χ3v) is 3.35. The fraction of sp³-hybridized carbons (Fsp3) is 0.400. The summed E-state index contributed by atoms with van der Waals surface area (Å²) >= 11 is 3.08. The first-order chi connectivity index (χ1) is 8.00. The van der Waals surface area contributed by atoms with Gasteiger partial charge in [0.25, 0.3) is 11.8 Å². The molecule has 1 aliphatic heterocycles. The largest absolute Gasteiger partial charge is 0.462 e. The average Bonchev–Trinajstić information content (AvgIpc) is 3.01. The van der Waals surface area contributed by atoms with Crippen LogP contribution in [0.4, 0.5) is 8.78 Å². The molecule has 0 aromatic carbocycles. The summed E-state index contributed by atoms with van der Waals surface area (Å²) in [6, 6.07) is 2.29. The van der Waals surface area contributed by atoms with Crippen LogP contribution < -0.4 is 5.73 Å². The molecule has 0 unspecified atom stereocenters. The van der Waals surface area contributed by atoms with Gasteiger partial charge in [-0.1, -0.05) is 0 Å². The summed E-state index contributed by atoms with van der Waals surface area (Å²) in [4.78, 5) is 7.42. The van der Waals surface area contributed by atoms with Crippen molar-refractivity contribution in [1.29, 1.82) is 0 Å². The summed E-state index contributed by atoms with van der Waals surface area (Å²) in [7, 11) is 0. The molecule has 90 valence electrons. The Morgan fingerprint density at radius 1 is 1.53 bits per heavy atom. The Hall–Kier alpha value is -1.24. The number of amidine groups is 1. The van der Waals surface area contributed by atoms with Crippen molar-refractivity contribution >= 4 is 22.0 Å². The van der Waals surface area contributed by atoms with Crippen LogP contribution in [-0.2, 0) is 10.5 Å². The Labute approximate surface area is 104 Å². The number of aromatic nitrogens is 1. The van der Waals surface area contributed by atoms with Gasteiger partial charge in [-0.15, -0.1) is 0 Å². The molecule has 3 rings (SSSR count). The monoisotopic (exact) mass is 303 g/mol. The molecule has 2 aliphatic rings. The number of alkyl halides is 1. The first kappa shape index (κ1) is 10.9. The van der Waals surface area contributed by atoms with Crippen molar-refractivity contribution in [2.24, 2.45) is 16.6 Å². The van der Waals surface area contributed by atoms with Gasteiger partial charge in [-0.25, -0.2) is 13.8 Å². The van der Waals surface area contributed by atoms with Crippen molar-refractivity contribution in [2.75, 3.05) is 0 Å². The molecule has 17 heavy (non-hydrogen) atoms. The molecule has 1 aliphatic carbocycles. The molecule has 1 aromatic rings. The van der Waals surface area contributed by atoms with Crippen LogP contribution in [0.25, 0.3) is 0 Å². The van der Waals surface area contributed by atoms with E-state index < -0.39 is 17.5 Å². The molecule has 7 heteroatoms. The Kier molecular flexibility index (Phi) is 2.16. The molecule has 3 atom stereocenters. The number of nitrogens with zero attached hydrogens (tertiary/aromatic N) is 2. The van der Waals surface area contributed by atoms with Gasteiger partial charge < -0.3 is 10.5 Å². The summed E-state index contributed by atoms with van der Waals surface area (Å²) in [5, 5.41) is 0. The number of hydrogen-bond acceptors (Lipinski definition) is 4. The lowest BCUT2D eigenvalue weighted by Gasteiger charge is -2.25. The van der Waals surface area contributed by atoms with Gasteiger partial charge in [0.2, 0.25) is 0 Å². The first-order valence-corrected chi connectivity index (χ1v) is 5.83. The highest BCUT2D eigenvalue weighted by Gasteiger charge is 2.61. The molecule has 0 saturated heterocycles. The van der Waals surface area contributed by atoms with Crippen LogP contribution in [0, 0.1) is 11.7 Å². The predicted molar refractivity (Wildman–Crippen MR) is 59.3 cm³/mol. The quantitative estimate of drug-likeness (QED) is 0.636. The SMILES string of the molecule is NC1=N[C@@](F)(c2nc(Br)ccc2F)[C@@H]2C[C@@H]2O1. The molecule has 1 fully saturated rings. The van der Waals surface area contributed by atoms with Crippen molar-refractivity contribution in [2.45, 2.75) is 18.3 Å². The lowest BCUT2D eigenvalue weighted by Crippen LogP contribution is -2.35. The lowest BCUT2D eigenvalue weighted by atomic mass is 10.0. The van der Waals surface area contributed by atoms with E-state index in [1.807, 2.05) is 0 Å². The van der Waals surface area contributed by atoms with Gasteiger partial charge in [-0.3, -0.25) is 0 Å². The number of aliphatic imine (C=N–C) groups is 1. The number of hydrogen-bond donors (Lipinski definition) is 1. The summed E-state index contributed by atoms with van der Waals surface area (Å²) in [5.74, 6) is -3.47. The normalized spacial score (nSPS) is 34.6. The third kappa shape index (κ3) is 1.60. The van der Waals surface area contributed by atoms with Crippen LogP contribution in [-0.4, -0.2) is 17.1 Å². The van der Waals surface area contributed by atoms with Crippen molar-refractivity contribution in [1.82, 2.24) is 4.98 Å². The minimum Gasteiger partial charge on any atom is -0.462 e. The number of halogens is 3. The van der Waals surface area contributed by atoms with E-state index in [2.05, 4.69) is 25.9 Å². The minimum absolute atomic E-state index is 0.257. The van der Waals surface area contributed by atoms with E-state index in [0.717, 1.165) is 6.07 Å². The van der Waals surface area contributed by atoms with E-state index in [0.29, 0.717) is 11.0 Å². The molecule has 0 radical (unpaired) electrons. The van der Waals surface area contributed by atoms with Gasteiger partial charge in [0.1, 0.15) is 22.2 Å². The summed E-state index contributed by atoms with van der Waals surface area (Å²) in [6.07, 6.45) is 0.145. The fourth-order valence-electron chi connectivity index (χ4n) is 2.02. The van der Waals surface area contributed by atoms with Gasteiger partial charge in [0, 0.05) is 0 Å². The second kappa shape index (κ2) is 3.38. The van der Waals surface area contributed by atoms with E-state index >= 15 is 0 Å². The zero-order valence-corrected chi connectivity index (χ0v) is 10.1. The van der Waals surface area contributed by atoms with Gasteiger partial charge in [0.15, 0.2) is 0 Å². The van der Waals surface area contributed by atoms with E-state index in [1.54, 1.807) is 0 Å². The van der Waals surface area contributed by atoms with Crippen LogP contribution in [0.5, 0.6) is 0 Å². The molecular weight excluding hydrogens is 296 g/mol. The number of pyridine rings is 1. The maximum Gasteiger partial charge on any atom is 0.285 e. The molecule has 0 amide bonds. The Morgan fingerprint density at radius 2 is 2.29 bits per heavy atom. The number of rotatable bonds is 1. The Bertz CT molecular complexity index is 524. The number of nitrogens with two attached hydrogens (primary N) is 1. The number of fused-ring (bicyclic) bond motifs is 1. The molecule has 0 spiro atoms. The first-order valence-electron chi connectivity index (χ1n) is 5.04. The van der Waals surface area contributed by atoms with Crippen LogP contribution in [0.15, 0.2) is 21.7 Å². The smallest absolute Gasteiger partial charge is 0.285 e. The highest BCUT2D eigenvalue weighted by molar-refractivity contribution is 9.10. The molecule has 1 aromatic heterocycles. The van der Waals surface area contributed by atoms with Crippen molar-refractivity contribution < 1.29 is 13.5 Å². The third-order valence-electron chi connectivity index (χ3n) is 2.91. The van der Waals surface area contributed by atoms with Crippen LogP contribution in [0.3, 0.4) is 0 Å². The molecule has 1 saturated carbocycles. The van der Waals surface area contributed by atoms with Crippen molar-refractivity contribution in [3.8, 4) is 0 Å². The van der Waals surface area contributed by atoms with Gasteiger partial charge in [0.05, 0.1) is 5.92 Å². The highest BCUT2D eigenvalue weighted by atomic mass is 79.9. The van der Waals surface area contributed by atoms with Crippen molar-refractivity contribution in [3.05, 3.63) is 28.2 Å². The summed E-state index contributed by atoms with van der Waals surface area (Å²) in [5.41, 5.74) is 5.04. The minimum atomic E-state index is -2.22. The molecule has 4 nitrogen and oxygen atoms in total. The fourth-order valence-corrected chi connectivity index (χ4v) is 2.33. The van der Waals surface area contributed by atoms with Gasteiger partial charge >= 0.3 is 0 Å². The second-order valence-electron chi connectivity index (χ2n) is 4.09. The van der Waals surface area contributed by atoms with Gasteiger partial charge in [-0.05, 0) is 34.5 Å². The predicted octanol–water partition coefficient (Wildman–Crippen LogP) is 1.84. The maximum absolute atomic E-state index is 14.8. The number of ether oxygens (including phenoxy) is 1. The standard InChI is InChI=1S/C10H8BrF2N3O/c11-7-2-1-5(12)8(15-7)10(13)4-3-6(4)17-9(14)16-10/h1-2,4,6H,3H2,(H2,14,16)/t4-,6+,10-/m1/s1. The zero-order chi connectivity index (χ0) is 12.2. The maximum atomic E-state index is 14.8.